The summed E-state index contributed by atoms with van der Waals surface area (Å²) >= 11 is 0. The van der Waals surface area contributed by atoms with E-state index in [-0.39, 0.29) is 5.82 Å². The third-order valence-corrected chi connectivity index (χ3v) is 1.52. The van der Waals surface area contributed by atoms with E-state index in [1.807, 2.05) is 30.3 Å². The molecule has 1 heterocycles. The quantitative estimate of drug-likeness (QED) is 0.621. The predicted molar refractivity (Wildman–Crippen MR) is 44.5 cm³/mol. The van der Waals surface area contributed by atoms with E-state index in [2.05, 4.69) is 15.4 Å². The average Bonchev–Trinajstić information content (AvgIpc) is 2.67. The zero-order chi connectivity index (χ0) is 9.10. The number of para-hydroxylation sites is 1. The predicted octanol–water partition coefficient (Wildman–Crippen LogP) is 0.475. The van der Waals surface area contributed by atoms with Crippen molar-refractivity contribution >= 4 is 6.29 Å². The van der Waals surface area contributed by atoms with Crippen molar-refractivity contribution in [1.82, 2.24) is 20.2 Å². The molecule has 0 atom stereocenters. The first-order chi connectivity index (χ1) is 6.40. The molecule has 0 fully saturated rings. The fourth-order valence-electron chi connectivity index (χ4n) is 0.943. The SMILES string of the molecule is O=Cc1nnn(-c2ccccc2)n1. The van der Waals surface area contributed by atoms with Gasteiger partial charge >= 0.3 is 0 Å². The smallest absolute Gasteiger partial charge is 0.237 e. The molecule has 0 saturated heterocycles. The van der Waals surface area contributed by atoms with E-state index in [1.165, 1.54) is 4.80 Å². The van der Waals surface area contributed by atoms with Crippen molar-refractivity contribution in [1.29, 1.82) is 0 Å². The molecule has 0 radical (unpaired) electrons. The molecule has 0 N–H and O–H groups in total. The summed E-state index contributed by atoms with van der Waals surface area (Å²) in [5, 5.41) is 11.1. The van der Waals surface area contributed by atoms with Crippen molar-refractivity contribution in [3.05, 3.63) is 36.2 Å². The van der Waals surface area contributed by atoms with Crippen LogP contribution in [-0.4, -0.2) is 26.5 Å². The molecule has 0 aliphatic heterocycles. The lowest BCUT2D eigenvalue weighted by Crippen LogP contribution is -1.98. The molecule has 2 aromatic rings. The summed E-state index contributed by atoms with van der Waals surface area (Å²) in [6.07, 6.45) is 0.562. The molecule has 0 aliphatic carbocycles. The minimum Gasteiger partial charge on any atom is -0.294 e. The molecule has 0 amide bonds. The lowest BCUT2D eigenvalue weighted by molar-refractivity contribution is 0.111. The summed E-state index contributed by atoms with van der Waals surface area (Å²) in [6, 6.07) is 9.27. The molecule has 5 heteroatoms. The molecular weight excluding hydrogens is 168 g/mol. The lowest BCUT2D eigenvalue weighted by atomic mass is 10.3. The van der Waals surface area contributed by atoms with E-state index in [9.17, 15) is 4.79 Å². The van der Waals surface area contributed by atoms with Gasteiger partial charge in [0.05, 0.1) is 5.69 Å². The summed E-state index contributed by atoms with van der Waals surface area (Å²) in [7, 11) is 0. The first-order valence-electron chi connectivity index (χ1n) is 3.71. The number of benzene rings is 1. The average molecular weight is 174 g/mol. The maximum Gasteiger partial charge on any atom is 0.237 e. The van der Waals surface area contributed by atoms with Crippen LogP contribution in [0.2, 0.25) is 0 Å². The van der Waals surface area contributed by atoms with Gasteiger partial charge in [0.15, 0.2) is 6.29 Å². The van der Waals surface area contributed by atoms with E-state index in [4.69, 9.17) is 0 Å². The number of tetrazole rings is 1. The van der Waals surface area contributed by atoms with Crippen LogP contribution in [0, 0.1) is 0 Å². The lowest BCUT2D eigenvalue weighted by Gasteiger charge is -1.94. The van der Waals surface area contributed by atoms with Crippen LogP contribution >= 0.6 is 0 Å². The van der Waals surface area contributed by atoms with Crippen molar-refractivity contribution in [2.45, 2.75) is 0 Å². The van der Waals surface area contributed by atoms with Crippen LogP contribution in [0.15, 0.2) is 30.3 Å². The Morgan fingerprint density at radius 3 is 2.62 bits per heavy atom. The molecule has 0 unspecified atom stereocenters. The van der Waals surface area contributed by atoms with Crippen LogP contribution in [0.5, 0.6) is 0 Å². The summed E-state index contributed by atoms with van der Waals surface area (Å²) in [5.41, 5.74) is 0.781. The van der Waals surface area contributed by atoms with Crippen LogP contribution < -0.4 is 0 Å². The van der Waals surface area contributed by atoms with Gasteiger partial charge in [0.1, 0.15) is 0 Å². The van der Waals surface area contributed by atoms with E-state index >= 15 is 0 Å². The Labute approximate surface area is 74.0 Å². The number of nitrogens with zero attached hydrogens (tertiary/aromatic N) is 4. The fourth-order valence-corrected chi connectivity index (χ4v) is 0.943. The van der Waals surface area contributed by atoms with Gasteiger partial charge in [-0.1, -0.05) is 18.2 Å². The number of hydrogen-bond acceptors (Lipinski definition) is 4. The zero-order valence-electron chi connectivity index (χ0n) is 6.66. The van der Waals surface area contributed by atoms with Crippen molar-refractivity contribution in [3.63, 3.8) is 0 Å². The third kappa shape index (κ3) is 1.44. The number of carbonyl (C=O) groups excluding carboxylic acids is 1. The zero-order valence-corrected chi connectivity index (χ0v) is 6.66. The Kier molecular flexibility index (Phi) is 1.84. The van der Waals surface area contributed by atoms with Gasteiger partial charge in [-0.3, -0.25) is 4.79 Å². The maximum absolute atomic E-state index is 10.3. The highest BCUT2D eigenvalue weighted by Crippen LogP contribution is 2.01. The number of hydrogen-bond donors (Lipinski definition) is 0. The molecule has 13 heavy (non-hydrogen) atoms. The Hall–Kier alpha value is -2.04. The first kappa shape index (κ1) is 7.60. The molecule has 64 valence electrons. The molecule has 1 aromatic heterocycles. The highest BCUT2D eigenvalue weighted by atomic mass is 16.1. The number of carbonyl (C=O) groups is 1. The summed E-state index contributed by atoms with van der Waals surface area (Å²) in [4.78, 5) is 11.6. The summed E-state index contributed by atoms with van der Waals surface area (Å²) < 4.78 is 0. The van der Waals surface area contributed by atoms with Gasteiger partial charge < -0.3 is 0 Å². The molecular formula is C8H6N4O. The molecule has 0 aliphatic rings. The van der Waals surface area contributed by atoms with E-state index in [0.717, 1.165) is 5.69 Å². The maximum atomic E-state index is 10.3. The standard InChI is InChI=1S/C8H6N4O/c13-6-8-9-11-12(10-8)7-4-2-1-3-5-7/h1-6H. The third-order valence-electron chi connectivity index (χ3n) is 1.52. The number of aromatic nitrogens is 4. The van der Waals surface area contributed by atoms with Crippen LogP contribution in [0.4, 0.5) is 0 Å². The fraction of sp³-hybridized carbons (Fsp3) is 0. The Balaban J connectivity index is 2.41. The van der Waals surface area contributed by atoms with Gasteiger partial charge in [-0.05, 0) is 17.3 Å². The number of aldehydes is 1. The van der Waals surface area contributed by atoms with Gasteiger partial charge in [0.25, 0.3) is 0 Å². The second-order valence-electron chi connectivity index (χ2n) is 2.39. The molecule has 1 aromatic carbocycles. The Bertz CT molecular complexity index is 409. The van der Waals surface area contributed by atoms with Gasteiger partial charge in [0, 0.05) is 0 Å². The second-order valence-corrected chi connectivity index (χ2v) is 2.39. The van der Waals surface area contributed by atoms with Crippen molar-refractivity contribution in [2.24, 2.45) is 0 Å². The van der Waals surface area contributed by atoms with Crippen molar-refractivity contribution in [3.8, 4) is 5.69 Å². The highest BCUT2D eigenvalue weighted by molar-refractivity contribution is 5.67. The molecule has 0 bridgehead atoms. The summed E-state index contributed by atoms with van der Waals surface area (Å²) in [6.45, 7) is 0. The Morgan fingerprint density at radius 2 is 2.00 bits per heavy atom. The van der Waals surface area contributed by atoms with Crippen molar-refractivity contribution in [2.75, 3.05) is 0 Å². The van der Waals surface area contributed by atoms with Crippen molar-refractivity contribution < 1.29 is 4.79 Å². The minimum atomic E-state index is 0.0869. The normalized spacial score (nSPS) is 9.85. The van der Waals surface area contributed by atoms with Crippen LogP contribution in [0.3, 0.4) is 0 Å². The van der Waals surface area contributed by atoms with Gasteiger partial charge in [-0.15, -0.1) is 15.0 Å². The van der Waals surface area contributed by atoms with Gasteiger partial charge in [-0.2, -0.15) is 0 Å². The van der Waals surface area contributed by atoms with E-state index in [1.54, 1.807) is 0 Å². The Morgan fingerprint density at radius 1 is 1.23 bits per heavy atom. The molecule has 0 saturated carbocycles. The first-order valence-corrected chi connectivity index (χ1v) is 3.71. The van der Waals surface area contributed by atoms with Crippen LogP contribution in [-0.2, 0) is 0 Å². The molecule has 2 rings (SSSR count). The summed E-state index contributed by atoms with van der Waals surface area (Å²) in [5.74, 6) is 0.0869. The molecule has 5 nitrogen and oxygen atoms in total. The van der Waals surface area contributed by atoms with E-state index < -0.39 is 0 Å². The monoisotopic (exact) mass is 174 g/mol. The highest BCUT2D eigenvalue weighted by Gasteiger charge is 2.01. The van der Waals surface area contributed by atoms with Gasteiger partial charge in [0.2, 0.25) is 5.82 Å². The largest absolute Gasteiger partial charge is 0.294 e. The van der Waals surface area contributed by atoms with E-state index in [0.29, 0.717) is 6.29 Å². The topological polar surface area (TPSA) is 60.7 Å². The van der Waals surface area contributed by atoms with Crippen LogP contribution in [0.1, 0.15) is 10.6 Å². The van der Waals surface area contributed by atoms with Gasteiger partial charge in [-0.25, -0.2) is 0 Å². The molecule has 0 spiro atoms. The minimum absolute atomic E-state index is 0.0869. The van der Waals surface area contributed by atoms with Crippen LogP contribution in [0.25, 0.3) is 5.69 Å². The number of rotatable bonds is 2. The second kappa shape index (κ2) is 3.14.